The van der Waals surface area contributed by atoms with E-state index in [0.717, 1.165) is 12.8 Å². The molecule has 22 heavy (non-hydrogen) atoms. The number of carbonyl (C=O) groups is 2. The van der Waals surface area contributed by atoms with Gasteiger partial charge in [0.15, 0.2) is 0 Å². The summed E-state index contributed by atoms with van der Waals surface area (Å²) in [6.07, 6.45) is 1.72. The molecule has 2 saturated heterocycles. The number of ether oxygens (including phenoxy) is 1. The van der Waals surface area contributed by atoms with Gasteiger partial charge in [-0.2, -0.15) is 0 Å². The second-order valence-corrected chi connectivity index (χ2v) is 6.57. The summed E-state index contributed by atoms with van der Waals surface area (Å²) in [4.78, 5) is 26.2. The minimum atomic E-state index is -1.18. The number of imide groups is 1. The number of halogens is 2. The third kappa shape index (κ3) is 2.57. The van der Waals surface area contributed by atoms with Gasteiger partial charge >= 0.3 is 6.03 Å². The maximum absolute atomic E-state index is 12.8. The van der Waals surface area contributed by atoms with E-state index in [2.05, 4.69) is 5.32 Å². The number of nitrogens with one attached hydrogen (secondary N) is 1. The Balaban J connectivity index is 1.88. The van der Waals surface area contributed by atoms with Crippen molar-refractivity contribution in [3.05, 3.63) is 33.8 Å². The largest absolute Gasteiger partial charge is 0.376 e. The molecule has 118 valence electrons. The van der Waals surface area contributed by atoms with Crippen molar-refractivity contribution in [1.82, 2.24) is 10.2 Å². The van der Waals surface area contributed by atoms with Crippen LogP contribution in [0.15, 0.2) is 18.2 Å². The summed E-state index contributed by atoms with van der Waals surface area (Å²) in [5.74, 6) is -0.322. The van der Waals surface area contributed by atoms with Crippen LogP contribution >= 0.6 is 23.2 Å². The van der Waals surface area contributed by atoms with Crippen molar-refractivity contribution in [2.45, 2.75) is 31.4 Å². The number of hydrogen-bond donors (Lipinski definition) is 1. The van der Waals surface area contributed by atoms with E-state index in [1.165, 1.54) is 4.90 Å². The van der Waals surface area contributed by atoms with Crippen molar-refractivity contribution >= 4 is 35.1 Å². The van der Waals surface area contributed by atoms with Gasteiger partial charge in [-0.3, -0.25) is 9.69 Å². The third-order valence-electron chi connectivity index (χ3n) is 4.15. The summed E-state index contributed by atoms with van der Waals surface area (Å²) in [5.41, 5.74) is -0.649. The smallest absolute Gasteiger partial charge is 0.325 e. The first-order valence-corrected chi connectivity index (χ1v) is 7.88. The SMILES string of the molecule is C[C@@]1(c2ccc(Cl)cc2Cl)NC(=O)N(C[C@@H]2CCCO2)C1=O. The van der Waals surface area contributed by atoms with Crippen LogP contribution in [-0.4, -0.2) is 36.1 Å². The average Bonchev–Trinajstić information content (AvgIpc) is 3.02. The molecule has 0 spiro atoms. The molecule has 0 aliphatic carbocycles. The molecule has 2 atom stereocenters. The molecular formula is C15H16Cl2N2O3. The summed E-state index contributed by atoms with van der Waals surface area (Å²) < 4.78 is 5.51. The van der Waals surface area contributed by atoms with Crippen LogP contribution in [0.5, 0.6) is 0 Å². The number of benzene rings is 1. The number of urea groups is 1. The van der Waals surface area contributed by atoms with Crippen LogP contribution in [0.4, 0.5) is 4.79 Å². The molecule has 2 fully saturated rings. The highest BCUT2D eigenvalue weighted by molar-refractivity contribution is 6.35. The Labute approximate surface area is 138 Å². The Hall–Kier alpha value is -1.30. The fourth-order valence-electron chi connectivity index (χ4n) is 2.93. The fraction of sp³-hybridized carbons (Fsp3) is 0.467. The van der Waals surface area contributed by atoms with Crippen LogP contribution in [0.25, 0.3) is 0 Å². The van der Waals surface area contributed by atoms with Gasteiger partial charge in [-0.15, -0.1) is 0 Å². The van der Waals surface area contributed by atoms with Gasteiger partial charge in [-0.05, 0) is 31.9 Å². The molecule has 1 aromatic rings. The highest BCUT2D eigenvalue weighted by atomic mass is 35.5. The summed E-state index contributed by atoms with van der Waals surface area (Å²) in [6.45, 7) is 2.60. The molecule has 0 bridgehead atoms. The van der Waals surface area contributed by atoms with Crippen LogP contribution in [0, 0.1) is 0 Å². The topological polar surface area (TPSA) is 58.6 Å². The first kappa shape index (κ1) is 15.6. The zero-order chi connectivity index (χ0) is 15.9. The van der Waals surface area contributed by atoms with Gasteiger partial charge in [0.2, 0.25) is 0 Å². The van der Waals surface area contributed by atoms with E-state index in [-0.39, 0.29) is 18.6 Å². The number of rotatable bonds is 3. The minimum Gasteiger partial charge on any atom is -0.376 e. The third-order valence-corrected chi connectivity index (χ3v) is 4.70. The maximum atomic E-state index is 12.8. The van der Waals surface area contributed by atoms with Crippen LogP contribution in [0.3, 0.4) is 0 Å². The number of nitrogens with zero attached hydrogens (tertiary/aromatic N) is 1. The molecule has 0 radical (unpaired) electrons. The lowest BCUT2D eigenvalue weighted by Gasteiger charge is -2.24. The molecule has 1 N–H and O–H groups in total. The Morgan fingerprint density at radius 1 is 1.41 bits per heavy atom. The van der Waals surface area contributed by atoms with Gasteiger partial charge in [0.25, 0.3) is 5.91 Å². The van der Waals surface area contributed by atoms with E-state index in [9.17, 15) is 9.59 Å². The molecule has 7 heteroatoms. The van der Waals surface area contributed by atoms with Gasteiger partial charge < -0.3 is 10.1 Å². The van der Waals surface area contributed by atoms with Crippen molar-refractivity contribution in [1.29, 1.82) is 0 Å². The Kier molecular flexibility index (Phi) is 4.05. The predicted molar refractivity (Wildman–Crippen MR) is 83.0 cm³/mol. The summed E-state index contributed by atoms with van der Waals surface area (Å²) in [5, 5.41) is 3.56. The molecule has 2 heterocycles. The molecule has 5 nitrogen and oxygen atoms in total. The van der Waals surface area contributed by atoms with Crippen LogP contribution in [0.2, 0.25) is 10.0 Å². The lowest BCUT2D eigenvalue weighted by atomic mass is 9.92. The zero-order valence-electron chi connectivity index (χ0n) is 12.1. The lowest BCUT2D eigenvalue weighted by molar-refractivity contribution is -0.132. The van der Waals surface area contributed by atoms with E-state index < -0.39 is 11.6 Å². The summed E-state index contributed by atoms with van der Waals surface area (Å²) in [6, 6.07) is 4.45. The molecule has 3 rings (SSSR count). The standard InChI is InChI=1S/C15H16Cl2N2O3/c1-15(11-5-4-9(16)7-12(11)17)13(20)19(14(21)18-15)8-10-3-2-6-22-10/h4-5,7,10H,2-3,6,8H2,1H3,(H,18,21)/t10-,15-/m0/s1. The quantitative estimate of drug-likeness (QED) is 0.859. The van der Waals surface area contributed by atoms with E-state index in [1.54, 1.807) is 25.1 Å². The first-order valence-electron chi connectivity index (χ1n) is 7.13. The summed E-state index contributed by atoms with van der Waals surface area (Å²) in [7, 11) is 0. The van der Waals surface area contributed by atoms with Crippen molar-refractivity contribution in [3.63, 3.8) is 0 Å². The van der Waals surface area contributed by atoms with E-state index in [4.69, 9.17) is 27.9 Å². The number of amides is 3. The predicted octanol–water partition coefficient (Wildman–Crippen LogP) is 2.94. The normalized spacial score (nSPS) is 28.3. The molecule has 2 aliphatic heterocycles. The number of hydrogen-bond acceptors (Lipinski definition) is 3. The summed E-state index contributed by atoms with van der Waals surface area (Å²) >= 11 is 12.1. The average molecular weight is 343 g/mol. The van der Waals surface area contributed by atoms with E-state index in [0.29, 0.717) is 22.2 Å². The Bertz CT molecular complexity index is 631. The second kappa shape index (κ2) is 5.72. The monoisotopic (exact) mass is 342 g/mol. The lowest BCUT2D eigenvalue weighted by Crippen LogP contribution is -2.42. The molecular weight excluding hydrogens is 327 g/mol. The van der Waals surface area contributed by atoms with Crippen LogP contribution < -0.4 is 5.32 Å². The van der Waals surface area contributed by atoms with E-state index >= 15 is 0 Å². The van der Waals surface area contributed by atoms with Gasteiger partial charge in [-0.1, -0.05) is 29.3 Å². The number of carbonyl (C=O) groups excluding carboxylic acids is 2. The van der Waals surface area contributed by atoms with Crippen molar-refractivity contribution in [2.75, 3.05) is 13.2 Å². The molecule has 1 aromatic carbocycles. The zero-order valence-corrected chi connectivity index (χ0v) is 13.6. The second-order valence-electron chi connectivity index (χ2n) is 5.73. The van der Waals surface area contributed by atoms with Crippen molar-refractivity contribution < 1.29 is 14.3 Å². The fourth-order valence-corrected chi connectivity index (χ4v) is 3.53. The highest BCUT2D eigenvalue weighted by Gasteiger charge is 2.50. The molecule has 0 saturated carbocycles. The van der Waals surface area contributed by atoms with Crippen LogP contribution in [0.1, 0.15) is 25.3 Å². The molecule has 3 amide bonds. The van der Waals surface area contributed by atoms with Crippen molar-refractivity contribution in [3.8, 4) is 0 Å². The molecule has 0 aromatic heterocycles. The minimum absolute atomic E-state index is 0.0854. The highest BCUT2D eigenvalue weighted by Crippen LogP contribution is 2.35. The van der Waals surface area contributed by atoms with E-state index in [1.807, 2.05) is 0 Å². The van der Waals surface area contributed by atoms with Gasteiger partial charge in [0, 0.05) is 22.2 Å². The molecule has 2 aliphatic rings. The Morgan fingerprint density at radius 3 is 2.82 bits per heavy atom. The van der Waals surface area contributed by atoms with Crippen molar-refractivity contribution in [2.24, 2.45) is 0 Å². The molecule has 0 unspecified atom stereocenters. The Morgan fingerprint density at radius 2 is 2.18 bits per heavy atom. The van der Waals surface area contributed by atoms with Gasteiger partial charge in [-0.25, -0.2) is 4.79 Å². The maximum Gasteiger partial charge on any atom is 0.325 e. The van der Waals surface area contributed by atoms with Crippen LogP contribution in [-0.2, 0) is 15.1 Å². The van der Waals surface area contributed by atoms with Gasteiger partial charge in [0.1, 0.15) is 5.54 Å². The van der Waals surface area contributed by atoms with Gasteiger partial charge in [0.05, 0.1) is 12.6 Å². The first-order chi connectivity index (χ1) is 10.4.